The molecule has 1 amide bonds. The quantitative estimate of drug-likeness (QED) is 0.829. The molecule has 3 N–H and O–H groups in total. The number of rotatable bonds is 5. The van der Waals surface area contributed by atoms with Crippen molar-refractivity contribution < 1.29 is 4.79 Å². The van der Waals surface area contributed by atoms with Crippen LogP contribution in [-0.2, 0) is 11.2 Å². The molecule has 0 fully saturated rings. The minimum absolute atomic E-state index is 0.0356. The largest absolute Gasteiger partial charge is 0.384 e. The van der Waals surface area contributed by atoms with Gasteiger partial charge < -0.3 is 11.1 Å². The van der Waals surface area contributed by atoms with E-state index in [9.17, 15) is 10.1 Å². The van der Waals surface area contributed by atoms with Crippen molar-refractivity contribution in [2.45, 2.75) is 32.7 Å². The van der Waals surface area contributed by atoms with Crippen molar-refractivity contribution in [1.29, 1.82) is 5.26 Å². The number of nitrogens with two attached hydrogens (primary N) is 1. The van der Waals surface area contributed by atoms with E-state index in [1.165, 1.54) is 4.90 Å². The van der Waals surface area contributed by atoms with Gasteiger partial charge in [0, 0.05) is 18.5 Å². The Bertz CT molecular complexity index is 940. The average molecular weight is 382 g/mol. The number of amides is 1. The second kappa shape index (κ2) is 7.80. The molecular weight excluding hydrogens is 358 g/mol. The van der Waals surface area contributed by atoms with Crippen molar-refractivity contribution in [3.63, 3.8) is 0 Å². The molecule has 1 aromatic heterocycles. The Morgan fingerprint density at radius 1 is 1.41 bits per heavy atom. The highest BCUT2D eigenvalue weighted by Gasteiger charge is 2.28. The van der Waals surface area contributed by atoms with E-state index in [1.807, 2.05) is 38.1 Å². The molecule has 0 saturated carbocycles. The van der Waals surface area contributed by atoms with Gasteiger partial charge in [-0.2, -0.15) is 5.26 Å². The van der Waals surface area contributed by atoms with Gasteiger partial charge in [0.1, 0.15) is 0 Å². The molecule has 1 atom stereocenters. The predicted molar refractivity (Wildman–Crippen MR) is 110 cm³/mol. The Morgan fingerprint density at radius 2 is 2.19 bits per heavy atom. The van der Waals surface area contributed by atoms with Crippen LogP contribution in [0.15, 0.2) is 29.3 Å². The zero-order chi connectivity index (χ0) is 19.6. The fourth-order valence-electron chi connectivity index (χ4n) is 3.13. The molecule has 3 rings (SSSR count). The van der Waals surface area contributed by atoms with E-state index in [0.29, 0.717) is 12.0 Å². The molecule has 0 aliphatic carbocycles. The lowest BCUT2D eigenvalue weighted by Gasteiger charge is -2.24. The molecule has 0 unspecified atom stereocenters. The van der Waals surface area contributed by atoms with Gasteiger partial charge in [-0.25, -0.2) is 4.99 Å². The van der Waals surface area contributed by atoms with Crippen LogP contribution in [0, 0.1) is 11.3 Å². The summed E-state index contributed by atoms with van der Waals surface area (Å²) in [7, 11) is 1.64. The van der Waals surface area contributed by atoms with Crippen molar-refractivity contribution in [3.05, 3.63) is 40.3 Å². The van der Waals surface area contributed by atoms with E-state index in [4.69, 9.17) is 5.73 Å². The highest BCUT2D eigenvalue weighted by Crippen LogP contribution is 2.42. The van der Waals surface area contributed by atoms with Crippen LogP contribution in [0.3, 0.4) is 0 Å². The number of hydrogen-bond donors (Lipinski definition) is 2. The molecule has 27 heavy (non-hydrogen) atoms. The fourth-order valence-corrected chi connectivity index (χ4v) is 4.30. The Labute approximate surface area is 163 Å². The van der Waals surface area contributed by atoms with Crippen molar-refractivity contribution in [3.8, 4) is 16.5 Å². The summed E-state index contributed by atoms with van der Waals surface area (Å²) in [5.41, 5.74) is 9.61. The third-order valence-electron chi connectivity index (χ3n) is 4.69. The highest BCUT2D eigenvalue weighted by atomic mass is 32.1. The van der Waals surface area contributed by atoms with E-state index >= 15 is 0 Å². The number of carbonyl (C=O) groups excluding carboxylic acids is 1. The minimum Gasteiger partial charge on any atom is -0.384 e. The lowest BCUT2D eigenvalue weighted by molar-refractivity contribution is -0.127. The van der Waals surface area contributed by atoms with Gasteiger partial charge in [0.2, 0.25) is 5.91 Å². The zero-order valence-electron chi connectivity index (χ0n) is 15.7. The number of benzene rings is 1. The molecule has 2 heterocycles. The second-order valence-electron chi connectivity index (χ2n) is 6.42. The third-order valence-corrected chi connectivity index (χ3v) is 5.98. The summed E-state index contributed by atoms with van der Waals surface area (Å²) in [4.78, 5) is 20.1. The van der Waals surface area contributed by atoms with Crippen LogP contribution in [0.1, 0.15) is 42.3 Å². The molecule has 0 radical (unpaired) electrons. The summed E-state index contributed by atoms with van der Waals surface area (Å²) in [5.74, 6) is 0.210. The number of aryl methyl sites for hydroxylation is 1. The van der Waals surface area contributed by atoms with Gasteiger partial charge in [-0.05, 0) is 36.6 Å². The third kappa shape index (κ3) is 3.67. The molecule has 6 nitrogen and oxygen atoms in total. The summed E-state index contributed by atoms with van der Waals surface area (Å²) < 4.78 is 0. The molecule has 1 aliphatic rings. The van der Waals surface area contributed by atoms with Gasteiger partial charge >= 0.3 is 0 Å². The predicted octanol–water partition coefficient (Wildman–Crippen LogP) is 3.50. The van der Waals surface area contributed by atoms with Crippen LogP contribution in [0.4, 0.5) is 5.69 Å². The standard InChI is InChI=1S/C20H23N5OS/c1-4-12-6-7-13(8-14(12)11-21)19-16(23-5-2)9-17(27-19)15-10-18(26)25(3)20(22)24-15/h6-9,15,23H,4-5,10H2,1-3H3,(H2,22,24)/t15-/m0/s1. The first-order chi connectivity index (χ1) is 13.0. The molecule has 2 aromatic rings. The Morgan fingerprint density at radius 3 is 2.81 bits per heavy atom. The minimum atomic E-state index is -0.268. The molecule has 7 heteroatoms. The number of hydrogen-bond acceptors (Lipinski definition) is 6. The van der Waals surface area contributed by atoms with Gasteiger partial charge in [-0.1, -0.05) is 19.1 Å². The number of nitriles is 1. The number of carbonyl (C=O) groups is 1. The number of guanidine groups is 1. The molecule has 1 aromatic carbocycles. The summed E-state index contributed by atoms with van der Waals surface area (Å²) in [6.45, 7) is 4.86. The average Bonchev–Trinajstić information content (AvgIpc) is 3.09. The van der Waals surface area contributed by atoms with Gasteiger partial charge in [0.15, 0.2) is 5.96 Å². The maximum Gasteiger partial charge on any atom is 0.231 e. The van der Waals surface area contributed by atoms with E-state index in [0.717, 1.165) is 39.5 Å². The number of anilines is 1. The number of nitrogens with one attached hydrogen (secondary N) is 1. The number of nitrogens with zero attached hydrogens (tertiary/aromatic N) is 3. The summed E-state index contributed by atoms with van der Waals surface area (Å²) >= 11 is 1.59. The van der Waals surface area contributed by atoms with Crippen molar-refractivity contribution in [1.82, 2.24) is 4.90 Å². The van der Waals surface area contributed by atoms with Crippen molar-refractivity contribution in [2.24, 2.45) is 10.7 Å². The molecule has 0 spiro atoms. The first-order valence-electron chi connectivity index (χ1n) is 8.99. The Hall–Kier alpha value is -2.85. The second-order valence-corrected chi connectivity index (χ2v) is 7.50. The van der Waals surface area contributed by atoms with Crippen LogP contribution in [0.2, 0.25) is 0 Å². The van der Waals surface area contributed by atoms with Crippen LogP contribution in [-0.4, -0.2) is 30.4 Å². The lowest BCUT2D eigenvalue weighted by atomic mass is 10.0. The van der Waals surface area contributed by atoms with Gasteiger partial charge in [0.05, 0.1) is 34.7 Å². The summed E-state index contributed by atoms with van der Waals surface area (Å²) in [5, 5.41) is 12.8. The monoisotopic (exact) mass is 381 g/mol. The lowest BCUT2D eigenvalue weighted by Crippen LogP contribution is -2.42. The molecule has 0 bridgehead atoms. The van der Waals surface area contributed by atoms with E-state index in [1.54, 1.807) is 18.4 Å². The topological polar surface area (TPSA) is 94.5 Å². The number of aliphatic imine (C=N–C) groups is 1. The molecule has 0 saturated heterocycles. The molecule has 1 aliphatic heterocycles. The first-order valence-corrected chi connectivity index (χ1v) is 9.80. The van der Waals surface area contributed by atoms with E-state index < -0.39 is 0 Å². The van der Waals surface area contributed by atoms with Crippen molar-refractivity contribution >= 4 is 28.9 Å². The maximum absolute atomic E-state index is 12.1. The smallest absolute Gasteiger partial charge is 0.231 e. The van der Waals surface area contributed by atoms with Crippen molar-refractivity contribution in [2.75, 3.05) is 18.9 Å². The van der Waals surface area contributed by atoms with Crippen LogP contribution >= 0.6 is 11.3 Å². The normalized spacial score (nSPS) is 16.8. The summed E-state index contributed by atoms with van der Waals surface area (Å²) in [6, 6.07) is 10.1. The Balaban J connectivity index is 2.05. The molecule has 140 valence electrons. The van der Waals surface area contributed by atoms with Gasteiger partial charge in [-0.3, -0.25) is 9.69 Å². The summed E-state index contributed by atoms with van der Waals surface area (Å²) in [6.07, 6.45) is 1.13. The van der Waals surface area contributed by atoms with E-state index in [2.05, 4.69) is 16.4 Å². The van der Waals surface area contributed by atoms with Crippen LogP contribution < -0.4 is 11.1 Å². The van der Waals surface area contributed by atoms with Crippen LogP contribution in [0.25, 0.3) is 10.4 Å². The number of thiophene rings is 1. The zero-order valence-corrected chi connectivity index (χ0v) is 16.6. The fraction of sp³-hybridized carbons (Fsp3) is 0.350. The first kappa shape index (κ1) is 18.9. The van der Waals surface area contributed by atoms with E-state index in [-0.39, 0.29) is 17.9 Å². The van der Waals surface area contributed by atoms with Crippen LogP contribution in [0.5, 0.6) is 0 Å². The Kier molecular flexibility index (Phi) is 5.47. The SMILES string of the molecule is CCNc1cc([C@@H]2CC(=O)N(C)C(N)=N2)sc1-c1ccc(CC)c(C#N)c1. The maximum atomic E-state index is 12.1. The highest BCUT2D eigenvalue weighted by molar-refractivity contribution is 7.16. The van der Waals surface area contributed by atoms with Gasteiger partial charge in [-0.15, -0.1) is 11.3 Å². The molecular formula is C20H23N5OS. The van der Waals surface area contributed by atoms with Gasteiger partial charge in [0.25, 0.3) is 0 Å².